The fourth-order valence-electron chi connectivity index (χ4n) is 14.8. The van der Waals surface area contributed by atoms with Crippen molar-refractivity contribution < 1.29 is 62.9 Å². The van der Waals surface area contributed by atoms with Crippen molar-refractivity contribution in [1.29, 1.82) is 0 Å². The van der Waals surface area contributed by atoms with Crippen molar-refractivity contribution in [2.45, 2.75) is 227 Å². The van der Waals surface area contributed by atoms with Crippen LogP contribution in [0.1, 0.15) is 183 Å². The topological polar surface area (TPSA) is 180 Å². The van der Waals surface area contributed by atoms with Crippen LogP contribution in [-0.4, -0.2) is 111 Å². The lowest BCUT2D eigenvalue weighted by molar-refractivity contribution is -0.326. The maximum Gasteiger partial charge on any atom is 0.338 e. The van der Waals surface area contributed by atoms with Crippen LogP contribution in [0.4, 0.5) is 0 Å². The van der Waals surface area contributed by atoms with Gasteiger partial charge in [0.15, 0.2) is 5.60 Å². The van der Waals surface area contributed by atoms with Crippen LogP contribution in [0.2, 0.25) is 0 Å². The second-order valence-corrected chi connectivity index (χ2v) is 23.3. The zero-order valence-electron chi connectivity index (χ0n) is 44.0. The quantitative estimate of drug-likeness (QED) is 0.0354. The molecular formula is C60H84O13. The standard InChI is InChI=1S/C60H84O13/c1-6-7-8-9-10-11-12-13-14-15-16-17-28-35-46(62)67-37-57-52(71-57)48-51-56(39(2)3)36-45(69-53(63)42-30-23-20-24-31-42)60(48)49-47(40(4)29-22-18-19-27-34-44(61)58(72-51,73-56)38-68-60)41(5)50(59(49,66)55(57)65)70-54(64)43-32-25-21-26-33-43/h20-21,23-26,30-33,40-41,44-45,47-52,55,61,65-66H,2,6-19,22,27-29,34-38H2,1,3-5H3. The molecule has 0 radical (unpaired) electrons. The number of rotatable bonds is 21. The third-order valence-corrected chi connectivity index (χ3v) is 18.6. The van der Waals surface area contributed by atoms with Gasteiger partial charge in [0.25, 0.3) is 0 Å². The van der Waals surface area contributed by atoms with Crippen LogP contribution in [0.25, 0.3) is 0 Å². The first-order valence-corrected chi connectivity index (χ1v) is 28.3. The molecule has 13 nitrogen and oxygen atoms in total. The van der Waals surface area contributed by atoms with E-state index in [1.807, 2.05) is 19.9 Å². The summed E-state index contributed by atoms with van der Waals surface area (Å²) in [6.45, 7) is 11.9. The van der Waals surface area contributed by atoms with Crippen LogP contribution >= 0.6 is 0 Å². The van der Waals surface area contributed by atoms with Crippen molar-refractivity contribution in [2.75, 3.05) is 13.2 Å². The number of esters is 3. The first-order chi connectivity index (χ1) is 35.2. The number of carbonyl (C=O) groups excluding carboxylic acids is 3. The molecule has 3 aliphatic carbocycles. The van der Waals surface area contributed by atoms with Crippen LogP contribution in [0.3, 0.4) is 0 Å². The van der Waals surface area contributed by atoms with Gasteiger partial charge in [-0.3, -0.25) is 4.79 Å². The number of aliphatic hydroxyl groups excluding tert-OH is 2. The van der Waals surface area contributed by atoms with Gasteiger partial charge in [0.1, 0.15) is 66.6 Å². The molecule has 3 saturated carbocycles. The summed E-state index contributed by atoms with van der Waals surface area (Å²) in [7, 11) is 0. The van der Waals surface area contributed by atoms with Gasteiger partial charge in [0, 0.05) is 18.8 Å². The first-order valence-electron chi connectivity index (χ1n) is 28.3. The molecule has 7 aliphatic rings. The van der Waals surface area contributed by atoms with E-state index >= 15 is 0 Å². The van der Waals surface area contributed by atoms with Crippen molar-refractivity contribution >= 4 is 17.9 Å². The molecule has 4 aliphatic heterocycles. The summed E-state index contributed by atoms with van der Waals surface area (Å²) in [5.74, 6) is -6.80. The smallest absolute Gasteiger partial charge is 0.338 e. The predicted octanol–water partition coefficient (Wildman–Crippen LogP) is 10.2. The van der Waals surface area contributed by atoms with E-state index in [1.54, 1.807) is 54.6 Å². The van der Waals surface area contributed by atoms with E-state index in [0.29, 0.717) is 30.4 Å². The Morgan fingerprint density at radius 3 is 1.92 bits per heavy atom. The Balaban J connectivity index is 1.09. The van der Waals surface area contributed by atoms with Gasteiger partial charge in [-0.2, -0.15) is 0 Å². The van der Waals surface area contributed by atoms with Crippen LogP contribution in [-0.2, 0) is 38.0 Å². The van der Waals surface area contributed by atoms with E-state index in [2.05, 4.69) is 20.4 Å². The first kappa shape index (κ1) is 54.1. The second-order valence-electron chi connectivity index (χ2n) is 23.3. The van der Waals surface area contributed by atoms with E-state index in [-0.39, 0.29) is 30.9 Å². The van der Waals surface area contributed by atoms with Gasteiger partial charge >= 0.3 is 17.9 Å². The number of benzene rings is 2. The summed E-state index contributed by atoms with van der Waals surface area (Å²) < 4.78 is 48.4. The summed E-state index contributed by atoms with van der Waals surface area (Å²) in [4.78, 5) is 42.9. The third kappa shape index (κ3) is 9.89. The minimum atomic E-state index is -2.36. The molecule has 4 heterocycles. The number of aliphatic hydroxyl groups is 3. The molecule has 0 amide bonds. The van der Waals surface area contributed by atoms with Crippen LogP contribution in [0.5, 0.6) is 0 Å². The number of ether oxygens (including phenoxy) is 7. The molecule has 9 rings (SSSR count). The molecular weight excluding hydrogens is 929 g/mol. The van der Waals surface area contributed by atoms with Crippen LogP contribution < -0.4 is 0 Å². The largest absolute Gasteiger partial charge is 0.462 e. The third-order valence-electron chi connectivity index (χ3n) is 18.6. The van der Waals surface area contributed by atoms with E-state index in [9.17, 15) is 29.7 Å². The minimum absolute atomic E-state index is 0.0308. The average molecular weight is 1010 g/mol. The Morgan fingerprint density at radius 1 is 0.740 bits per heavy atom. The molecule has 3 N–H and O–H groups in total. The Labute approximate surface area is 433 Å². The van der Waals surface area contributed by atoms with Gasteiger partial charge in [-0.15, -0.1) is 0 Å². The number of carbonyl (C=O) groups is 3. The Kier molecular flexibility index (Phi) is 16.7. The molecule has 16 atom stereocenters. The van der Waals surface area contributed by atoms with Crippen molar-refractivity contribution in [2.24, 2.45) is 29.6 Å². The molecule has 2 aromatic carbocycles. The molecule has 73 heavy (non-hydrogen) atoms. The van der Waals surface area contributed by atoms with E-state index in [4.69, 9.17) is 33.2 Å². The minimum Gasteiger partial charge on any atom is -0.462 e. The Morgan fingerprint density at radius 2 is 1.32 bits per heavy atom. The van der Waals surface area contributed by atoms with E-state index < -0.39 is 113 Å². The number of hydrogen-bond acceptors (Lipinski definition) is 13. The van der Waals surface area contributed by atoms with E-state index in [0.717, 1.165) is 44.9 Å². The predicted molar refractivity (Wildman–Crippen MR) is 273 cm³/mol. The number of hydrogen-bond donors (Lipinski definition) is 3. The lowest BCUT2D eigenvalue weighted by Gasteiger charge is -2.60. The van der Waals surface area contributed by atoms with Gasteiger partial charge in [0.05, 0.1) is 17.0 Å². The summed E-state index contributed by atoms with van der Waals surface area (Å²) in [6, 6.07) is 17.2. The molecule has 2 aromatic rings. The summed E-state index contributed by atoms with van der Waals surface area (Å²) in [5, 5.41) is 40.2. The number of unbranched alkanes of at least 4 members (excludes halogenated alkanes) is 12. The van der Waals surface area contributed by atoms with Crippen molar-refractivity contribution in [1.82, 2.24) is 0 Å². The normalized spacial score (nSPS) is 39.1. The van der Waals surface area contributed by atoms with Crippen molar-refractivity contribution in [3.8, 4) is 0 Å². The lowest BCUT2D eigenvalue weighted by Crippen LogP contribution is -2.75. The Bertz CT molecular complexity index is 2220. The molecule has 2 spiro atoms. The highest BCUT2D eigenvalue weighted by molar-refractivity contribution is 5.90. The van der Waals surface area contributed by atoms with Crippen LogP contribution in [0.15, 0.2) is 72.8 Å². The fraction of sp³-hybridized carbons (Fsp3) is 0.717. The highest BCUT2D eigenvalue weighted by Crippen LogP contribution is 2.73. The molecule has 0 aromatic heterocycles. The Hall–Kier alpha value is -3.69. The van der Waals surface area contributed by atoms with Gasteiger partial charge in [-0.05, 0) is 67.4 Å². The maximum atomic E-state index is 14.6. The van der Waals surface area contributed by atoms with Crippen molar-refractivity contribution in [3.63, 3.8) is 0 Å². The molecule has 402 valence electrons. The summed E-state index contributed by atoms with van der Waals surface area (Å²) in [6.07, 6.45) is 12.2. The second kappa shape index (κ2) is 22.5. The molecule has 16 unspecified atom stereocenters. The maximum absolute atomic E-state index is 14.6. The monoisotopic (exact) mass is 1010 g/mol. The number of epoxide rings is 1. The molecule has 4 saturated heterocycles. The van der Waals surface area contributed by atoms with Gasteiger partial charge in [-0.1, -0.05) is 173 Å². The number of fused-ring (bicyclic) bond motifs is 2. The average Bonchev–Trinajstić information content (AvgIpc) is 3.98. The zero-order chi connectivity index (χ0) is 51.6. The molecule has 7 fully saturated rings. The highest BCUT2D eigenvalue weighted by Gasteiger charge is 2.90. The molecule has 3 bridgehead atoms. The van der Waals surface area contributed by atoms with E-state index in [1.165, 1.54) is 57.8 Å². The van der Waals surface area contributed by atoms with Gasteiger partial charge in [-0.25, -0.2) is 9.59 Å². The molecule has 13 heteroatoms. The zero-order valence-corrected chi connectivity index (χ0v) is 44.0. The van der Waals surface area contributed by atoms with Crippen LogP contribution in [0, 0.1) is 29.6 Å². The van der Waals surface area contributed by atoms with Crippen molar-refractivity contribution in [3.05, 3.63) is 83.9 Å². The summed E-state index contributed by atoms with van der Waals surface area (Å²) >= 11 is 0. The SMILES string of the molecule is C=C(C)C12CC(OC(=O)c3ccccc3)C34OCC5(OC1C3C1OC1(COC(=O)CCCCCCCCCCCCCCC)C(O)C1(O)C(OC(=O)c3ccccc3)C(C)C(C(C)CCCCCCC5O)C14)O2. The van der Waals surface area contributed by atoms with Gasteiger partial charge in [0.2, 0.25) is 5.79 Å². The highest BCUT2D eigenvalue weighted by atomic mass is 16.8. The lowest BCUT2D eigenvalue weighted by atomic mass is 9.54. The van der Waals surface area contributed by atoms with Gasteiger partial charge < -0.3 is 48.5 Å². The summed E-state index contributed by atoms with van der Waals surface area (Å²) in [5.41, 5.74) is -6.10. The fourth-order valence-corrected chi connectivity index (χ4v) is 14.8.